The second-order valence-electron chi connectivity index (χ2n) is 5.10. The summed E-state index contributed by atoms with van der Waals surface area (Å²) in [4.78, 5) is 6.52. The average Bonchev–Trinajstić information content (AvgIpc) is 2.78. The lowest BCUT2D eigenvalue weighted by atomic mass is 9.94. The molecule has 1 heterocycles. The average molecular weight is 254 g/mol. The molecule has 1 aromatic rings. The maximum absolute atomic E-state index is 5.79. The number of anilines is 1. The number of rotatable bonds is 8. The van der Waals surface area contributed by atoms with Crippen molar-refractivity contribution in [3.63, 3.8) is 0 Å². The summed E-state index contributed by atoms with van der Waals surface area (Å²) in [5.41, 5.74) is 5.79. The Labute approximate surface area is 110 Å². The van der Waals surface area contributed by atoms with Crippen molar-refractivity contribution in [1.29, 1.82) is 0 Å². The SMILES string of the molecule is CCN(CC)c1noc(C[C@@H](CN)CC(C)C)n1. The zero-order chi connectivity index (χ0) is 13.5. The largest absolute Gasteiger partial charge is 0.339 e. The predicted octanol–water partition coefficient (Wildman–Crippen LogP) is 2.08. The van der Waals surface area contributed by atoms with E-state index in [9.17, 15) is 0 Å². The highest BCUT2D eigenvalue weighted by molar-refractivity contribution is 5.26. The van der Waals surface area contributed by atoms with Crippen LogP contribution in [-0.2, 0) is 6.42 Å². The van der Waals surface area contributed by atoms with Crippen molar-refractivity contribution in [2.45, 2.75) is 40.5 Å². The van der Waals surface area contributed by atoms with Gasteiger partial charge in [-0.2, -0.15) is 4.98 Å². The molecule has 0 radical (unpaired) electrons. The molecule has 0 aromatic carbocycles. The topological polar surface area (TPSA) is 68.2 Å². The molecule has 0 aliphatic carbocycles. The quantitative estimate of drug-likeness (QED) is 0.769. The van der Waals surface area contributed by atoms with Crippen molar-refractivity contribution in [2.75, 3.05) is 24.5 Å². The normalized spacial score (nSPS) is 13.0. The van der Waals surface area contributed by atoms with Crippen molar-refractivity contribution in [2.24, 2.45) is 17.6 Å². The molecule has 0 aliphatic rings. The summed E-state index contributed by atoms with van der Waals surface area (Å²) in [6.45, 7) is 11.0. The van der Waals surface area contributed by atoms with Crippen LogP contribution in [-0.4, -0.2) is 29.8 Å². The Hall–Kier alpha value is -1.10. The van der Waals surface area contributed by atoms with E-state index in [1.807, 2.05) is 0 Å². The van der Waals surface area contributed by atoms with Gasteiger partial charge in [-0.1, -0.05) is 13.8 Å². The molecule has 0 unspecified atom stereocenters. The molecular formula is C13H26N4O. The minimum absolute atomic E-state index is 0.426. The minimum atomic E-state index is 0.426. The first-order valence-corrected chi connectivity index (χ1v) is 6.88. The van der Waals surface area contributed by atoms with Crippen molar-refractivity contribution in [3.8, 4) is 0 Å². The van der Waals surface area contributed by atoms with Crippen LogP contribution < -0.4 is 10.6 Å². The van der Waals surface area contributed by atoms with E-state index in [-0.39, 0.29) is 0 Å². The Balaban J connectivity index is 2.62. The van der Waals surface area contributed by atoms with Crippen molar-refractivity contribution < 1.29 is 4.52 Å². The molecule has 5 nitrogen and oxygen atoms in total. The van der Waals surface area contributed by atoms with Gasteiger partial charge in [0.05, 0.1) is 0 Å². The van der Waals surface area contributed by atoms with Crippen LogP contribution in [0, 0.1) is 11.8 Å². The van der Waals surface area contributed by atoms with E-state index in [1.165, 1.54) is 0 Å². The van der Waals surface area contributed by atoms with Gasteiger partial charge in [0.1, 0.15) is 0 Å². The first kappa shape index (κ1) is 15.0. The summed E-state index contributed by atoms with van der Waals surface area (Å²) in [7, 11) is 0. The van der Waals surface area contributed by atoms with Crippen molar-refractivity contribution in [1.82, 2.24) is 10.1 Å². The van der Waals surface area contributed by atoms with Crippen LogP contribution in [0.2, 0.25) is 0 Å². The molecule has 2 N–H and O–H groups in total. The third-order valence-corrected chi connectivity index (χ3v) is 3.11. The Kier molecular flexibility index (Phi) is 6.12. The fourth-order valence-electron chi connectivity index (χ4n) is 2.14. The summed E-state index contributed by atoms with van der Waals surface area (Å²) in [5, 5.41) is 4.02. The fraction of sp³-hybridized carbons (Fsp3) is 0.846. The number of nitrogens with zero attached hydrogens (tertiary/aromatic N) is 3. The van der Waals surface area contributed by atoms with Gasteiger partial charge in [-0.15, -0.1) is 0 Å². The first-order valence-electron chi connectivity index (χ1n) is 6.88. The summed E-state index contributed by atoms with van der Waals surface area (Å²) in [6, 6.07) is 0. The fourth-order valence-corrected chi connectivity index (χ4v) is 2.14. The van der Waals surface area contributed by atoms with E-state index >= 15 is 0 Å². The van der Waals surface area contributed by atoms with Gasteiger partial charge in [-0.05, 0) is 43.8 Å². The lowest BCUT2D eigenvalue weighted by Gasteiger charge is -2.15. The molecule has 0 amide bonds. The van der Waals surface area contributed by atoms with Crippen LogP contribution in [0.5, 0.6) is 0 Å². The number of aromatic nitrogens is 2. The molecule has 0 bridgehead atoms. The highest BCUT2D eigenvalue weighted by Crippen LogP contribution is 2.17. The third kappa shape index (κ3) is 4.29. The van der Waals surface area contributed by atoms with E-state index in [2.05, 4.69) is 42.7 Å². The molecule has 0 aliphatic heterocycles. The second-order valence-corrected chi connectivity index (χ2v) is 5.10. The Morgan fingerprint density at radius 2 is 1.94 bits per heavy atom. The smallest absolute Gasteiger partial charge is 0.266 e. The van der Waals surface area contributed by atoms with Crippen molar-refractivity contribution in [3.05, 3.63) is 5.89 Å². The zero-order valence-corrected chi connectivity index (χ0v) is 12.0. The molecule has 1 rings (SSSR count). The van der Waals surface area contributed by atoms with Gasteiger partial charge in [-0.3, -0.25) is 0 Å². The van der Waals surface area contributed by atoms with Gasteiger partial charge in [0.15, 0.2) is 0 Å². The van der Waals surface area contributed by atoms with Gasteiger partial charge in [-0.25, -0.2) is 0 Å². The van der Waals surface area contributed by atoms with Crippen LogP contribution in [0.15, 0.2) is 4.52 Å². The van der Waals surface area contributed by atoms with Crippen LogP contribution in [0.25, 0.3) is 0 Å². The lowest BCUT2D eigenvalue weighted by Crippen LogP contribution is -2.23. The maximum Gasteiger partial charge on any atom is 0.266 e. The molecule has 18 heavy (non-hydrogen) atoms. The van der Waals surface area contributed by atoms with E-state index < -0.39 is 0 Å². The van der Waals surface area contributed by atoms with Gasteiger partial charge in [0, 0.05) is 19.5 Å². The summed E-state index contributed by atoms with van der Waals surface area (Å²) >= 11 is 0. The number of hydrogen-bond acceptors (Lipinski definition) is 5. The molecular weight excluding hydrogens is 228 g/mol. The van der Waals surface area contributed by atoms with E-state index in [1.54, 1.807) is 0 Å². The number of nitrogens with two attached hydrogens (primary N) is 1. The van der Waals surface area contributed by atoms with Crippen LogP contribution in [0.4, 0.5) is 5.95 Å². The van der Waals surface area contributed by atoms with E-state index in [0.29, 0.717) is 30.2 Å². The Morgan fingerprint density at radius 3 is 2.44 bits per heavy atom. The predicted molar refractivity (Wildman–Crippen MR) is 73.6 cm³/mol. The van der Waals surface area contributed by atoms with Crippen LogP contribution >= 0.6 is 0 Å². The highest BCUT2D eigenvalue weighted by Gasteiger charge is 2.16. The molecule has 0 saturated carbocycles. The number of hydrogen-bond donors (Lipinski definition) is 1. The lowest BCUT2D eigenvalue weighted by molar-refractivity contribution is 0.331. The monoisotopic (exact) mass is 254 g/mol. The summed E-state index contributed by atoms with van der Waals surface area (Å²) in [5.74, 6) is 2.46. The third-order valence-electron chi connectivity index (χ3n) is 3.11. The summed E-state index contributed by atoms with van der Waals surface area (Å²) in [6.07, 6.45) is 1.88. The highest BCUT2D eigenvalue weighted by atomic mass is 16.5. The Morgan fingerprint density at radius 1 is 1.28 bits per heavy atom. The molecule has 0 spiro atoms. The van der Waals surface area contributed by atoms with E-state index in [0.717, 1.165) is 25.9 Å². The molecule has 0 saturated heterocycles. The molecule has 1 aromatic heterocycles. The molecule has 104 valence electrons. The van der Waals surface area contributed by atoms with Crippen LogP contribution in [0.3, 0.4) is 0 Å². The zero-order valence-electron chi connectivity index (χ0n) is 12.0. The van der Waals surface area contributed by atoms with Crippen LogP contribution in [0.1, 0.15) is 40.0 Å². The van der Waals surface area contributed by atoms with Gasteiger partial charge >= 0.3 is 0 Å². The van der Waals surface area contributed by atoms with Crippen molar-refractivity contribution >= 4 is 5.95 Å². The second kappa shape index (κ2) is 7.36. The summed E-state index contributed by atoms with van der Waals surface area (Å²) < 4.78 is 5.30. The standard InChI is InChI=1S/C13H26N4O/c1-5-17(6-2)13-15-12(18-16-13)8-11(9-14)7-10(3)4/h10-11H,5-9,14H2,1-4H3/t11-/m0/s1. The molecule has 5 heteroatoms. The molecule has 1 atom stereocenters. The van der Waals surface area contributed by atoms with Gasteiger partial charge < -0.3 is 15.2 Å². The Bertz CT molecular complexity index is 333. The van der Waals surface area contributed by atoms with Gasteiger partial charge in [0.25, 0.3) is 5.95 Å². The van der Waals surface area contributed by atoms with E-state index in [4.69, 9.17) is 10.3 Å². The molecule has 0 fully saturated rings. The minimum Gasteiger partial charge on any atom is -0.339 e. The first-order chi connectivity index (χ1) is 8.60. The van der Waals surface area contributed by atoms with Gasteiger partial charge in [0.2, 0.25) is 5.89 Å². The maximum atomic E-state index is 5.79.